The van der Waals surface area contributed by atoms with Gasteiger partial charge in [-0.1, -0.05) is 56.4 Å². The fraction of sp³-hybridized carbons (Fsp3) is 0.280. The molecular weight excluding hydrogens is 358 g/mol. The standard InChI is InChI=1S/C25H27N3O/c1-3-20(4-2)28-16-22-23(17-28)26-25(19-12-14-21(29)15-13-19)27-24(22)18-10-8-6-5-7-9-11-18/h5-15,20,29H,3-4,16-17H2,1-2H3. The van der Waals surface area contributed by atoms with Crippen LogP contribution in [0.4, 0.5) is 0 Å². The zero-order valence-corrected chi connectivity index (χ0v) is 17.0. The Balaban J connectivity index is 1.82. The molecule has 2 heterocycles. The number of nitrogens with zero attached hydrogens (tertiary/aromatic N) is 3. The predicted octanol–water partition coefficient (Wildman–Crippen LogP) is 5.42. The molecule has 29 heavy (non-hydrogen) atoms. The molecule has 0 atom stereocenters. The van der Waals surface area contributed by atoms with E-state index in [1.165, 1.54) is 5.56 Å². The van der Waals surface area contributed by atoms with Crippen molar-refractivity contribution >= 4 is 5.57 Å². The first kappa shape index (κ1) is 19.3. The van der Waals surface area contributed by atoms with Crippen LogP contribution in [0.2, 0.25) is 0 Å². The van der Waals surface area contributed by atoms with E-state index in [4.69, 9.17) is 9.97 Å². The van der Waals surface area contributed by atoms with Crippen molar-refractivity contribution in [1.82, 2.24) is 14.9 Å². The lowest BCUT2D eigenvalue weighted by Crippen LogP contribution is -2.29. The van der Waals surface area contributed by atoms with Crippen molar-refractivity contribution in [3.8, 4) is 17.1 Å². The van der Waals surface area contributed by atoms with Gasteiger partial charge >= 0.3 is 0 Å². The minimum atomic E-state index is 0.248. The van der Waals surface area contributed by atoms with Gasteiger partial charge in [0.25, 0.3) is 0 Å². The molecule has 1 aromatic carbocycles. The summed E-state index contributed by atoms with van der Waals surface area (Å²) < 4.78 is 0. The zero-order valence-electron chi connectivity index (χ0n) is 17.0. The zero-order chi connectivity index (χ0) is 20.2. The number of phenols is 1. The van der Waals surface area contributed by atoms with Gasteiger partial charge in [0.05, 0.1) is 11.4 Å². The van der Waals surface area contributed by atoms with E-state index in [2.05, 4.69) is 43.1 Å². The van der Waals surface area contributed by atoms with Crippen molar-refractivity contribution in [3.63, 3.8) is 0 Å². The Morgan fingerprint density at radius 2 is 1.66 bits per heavy atom. The molecule has 4 rings (SSSR count). The van der Waals surface area contributed by atoms with E-state index in [1.54, 1.807) is 12.1 Å². The third kappa shape index (κ3) is 4.08. The van der Waals surface area contributed by atoms with E-state index >= 15 is 0 Å². The highest BCUT2D eigenvalue weighted by Crippen LogP contribution is 2.33. The van der Waals surface area contributed by atoms with Gasteiger partial charge in [-0.25, -0.2) is 9.97 Å². The molecule has 4 nitrogen and oxygen atoms in total. The Morgan fingerprint density at radius 1 is 0.931 bits per heavy atom. The summed E-state index contributed by atoms with van der Waals surface area (Å²) in [7, 11) is 0. The van der Waals surface area contributed by atoms with Crippen LogP contribution < -0.4 is 0 Å². The number of aromatic hydroxyl groups is 1. The maximum atomic E-state index is 9.65. The number of allylic oxidation sites excluding steroid dienone is 8. The van der Waals surface area contributed by atoms with Crippen molar-refractivity contribution in [3.05, 3.63) is 83.7 Å². The van der Waals surface area contributed by atoms with Gasteiger partial charge in [0, 0.05) is 35.8 Å². The normalized spacial score (nSPS) is 16.0. The van der Waals surface area contributed by atoms with E-state index in [0.29, 0.717) is 11.9 Å². The van der Waals surface area contributed by atoms with Crippen LogP contribution in [0.25, 0.3) is 17.0 Å². The summed E-state index contributed by atoms with van der Waals surface area (Å²) in [6, 6.07) is 7.67. The third-order valence-electron chi connectivity index (χ3n) is 5.66. The van der Waals surface area contributed by atoms with Gasteiger partial charge in [0.2, 0.25) is 0 Å². The molecule has 1 aromatic heterocycles. The van der Waals surface area contributed by atoms with Crippen molar-refractivity contribution in [1.29, 1.82) is 0 Å². The van der Waals surface area contributed by atoms with Crippen LogP contribution in [0.15, 0.2) is 66.8 Å². The van der Waals surface area contributed by atoms with E-state index in [-0.39, 0.29) is 5.75 Å². The number of hydrogen-bond acceptors (Lipinski definition) is 4. The SMILES string of the molecule is CCC(CC)N1Cc2nc(-c3ccc(O)cc3)nc(C3=CC=CC=CC=C3)c2C1. The van der Waals surface area contributed by atoms with Gasteiger partial charge < -0.3 is 5.11 Å². The van der Waals surface area contributed by atoms with Crippen LogP contribution in [-0.2, 0) is 13.1 Å². The van der Waals surface area contributed by atoms with Crippen molar-refractivity contribution in [2.45, 2.75) is 45.8 Å². The lowest BCUT2D eigenvalue weighted by atomic mass is 10.0. The Bertz CT molecular complexity index is 995. The first-order chi connectivity index (χ1) is 14.2. The lowest BCUT2D eigenvalue weighted by Gasteiger charge is -2.24. The molecule has 1 aliphatic heterocycles. The molecule has 148 valence electrons. The fourth-order valence-corrected chi connectivity index (χ4v) is 4.04. The summed E-state index contributed by atoms with van der Waals surface area (Å²) >= 11 is 0. The average molecular weight is 386 g/mol. The summed E-state index contributed by atoms with van der Waals surface area (Å²) in [5, 5.41) is 9.65. The molecule has 0 spiro atoms. The van der Waals surface area contributed by atoms with Crippen molar-refractivity contribution in [2.24, 2.45) is 0 Å². The summed E-state index contributed by atoms with van der Waals surface area (Å²) in [6.07, 6.45) is 16.7. The second kappa shape index (κ2) is 8.58. The number of hydrogen-bond donors (Lipinski definition) is 1. The lowest BCUT2D eigenvalue weighted by molar-refractivity contribution is 0.187. The van der Waals surface area contributed by atoms with E-state index in [9.17, 15) is 5.11 Å². The number of aromatic nitrogens is 2. The maximum Gasteiger partial charge on any atom is 0.160 e. The minimum Gasteiger partial charge on any atom is -0.508 e. The molecule has 0 saturated carbocycles. The second-order valence-corrected chi connectivity index (χ2v) is 7.49. The van der Waals surface area contributed by atoms with Gasteiger partial charge in [-0.3, -0.25) is 4.90 Å². The Morgan fingerprint density at radius 3 is 2.41 bits per heavy atom. The first-order valence-electron chi connectivity index (χ1n) is 10.3. The van der Waals surface area contributed by atoms with Crippen LogP contribution in [-0.4, -0.2) is 26.0 Å². The molecule has 0 fully saturated rings. The smallest absolute Gasteiger partial charge is 0.160 e. The summed E-state index contributed by atoms with van der Waals surface area (Å²) in [5.41, 5.74) is 5.35. The molecule has 1 N–H and O–H groups in total. The minimum absolute atomic E-state index is 0.248. The fourth-order valence-electron chi connectivity index (χ4n) is 4.04. The third-order valence-corrected chi connectivity index (χ3v) is 5.66. The van der Waals surface area contributed by atoms with Crippen molar-refractivity contribution in [2.75, 3.05) is 0 Å². The molecular formula is C25H27N3O. The molecule has 4 heteroatoms. The molecule has 0 radical (unpaired) electrons. The Labute approximate surface area is 172 Å². The van der Waals surface area contributed by atoms with Crippen LogP contribution in [0, 0.1) is 0 Å². The highest BCUT2D eigenvalue weighted by molar-refractivity contribution is 5.77. The van der Waals surface area contributed by atoms with Crippen molar-refractivity contribution < 1.29 is 5.11 Å². The number of fused-ring (bicyclic) bond motifs is 1. The van der Waals surface area contributed by atoms with Crippen LogP contribution in [0.3, 0.4) is 0 Å². The summed E-state index contributed by atoms with van der Waals surface area (Å²) in [5.74, 6) is 0.957. The van der Waals surface area contributed by atoms with Gasteiger partial charge in [0.15, 0.2) is 5.82 Å². The largest absolute Gasteiger partial charge is 0.508 e. The number of phenolic OH excluding ortho intramolecular Hbond substituents is 1. The van der Waals surface area contributed by atoms with Crippen LogP contribution >= 0.6 is 0 Å². The predicted molar refractivity (Wildman–Crippen MR) is 118 cm³/mol. The van der Waals surface area contributed by atoms with Crippen LogP contribution in [0.5, 0.6) is 5.75 Å². The topological polar surface area (TPSA) is 49.2 Å². The number of rotatable bonds is 5. The number of benzene rings is 1. The van der Waals surface area contributed by atoms with Crippen LogP contribution in [0.1, 0.15) is 43.6 Å². The van der Waals surface area contributed by atoms with Gasteiger partial charge in [-0.05, 0) is 37.1 Å². The van der Waals surface area contributed by atoms with Gasteiger partial charge in [-0.15, -0.1) is 0 Å². The highest BCUT2D eigenvalue weighted by atomic mass is 16.3. The van der Waals surface area contributed by atoms with Gasteiger partial charge in [0.1, 0.15) is 5.75 Å². The summed E-state index contributed by atoms with van der Waals surface area (Å²) in [6.45, 7) is 6.25. The second-order valence-electron chi connectivity index (χ2n) is 7.49. The Hall–Kier alpha value is -2.98. The monoisotopic (exact) mass is 385 g/mol. The van der Waals surface area contributed by atoms with E-state index in [0.717, 1.165) is 48.5 Å². The Kier molecular flexibility index (Phi) is 5.72. The van der Waals surface area contributed by atoms with E-state index in [1.807, 2.05) is 30.4 Å². The molecule has 2 aliphatic rings. The van der Waals surface area contributed by atoms with Gasteiger partial charge in [-0.2, -0.15) is 0 Å². The first-order valence-corrected chi connectivity index (χ1v) is 10.3. The van der Waals surface area contributed by atoms with E-state index < -0.39 is 0 Å². The molecule has 0 bridgehead atoms. The average Bonchev–Trinajstić information content (AvgIpc) is 3.13. The summed E-state index contributed by atoms with van der Waals surface area (Å²) in [4.78, 5) is 12.4. The molecule has 1 aliphatic carbocycles. The molecule has 0 saturated heterocycles. The highest BCUT2D eigenvalue weighted by Gasteiger charge is 2.29. The maximum absolute atomic E-state index is 9.65. The molecule has 0 unspecified atom stereocenters. The molecule has 2 aromatic rings. The quantitative estimate of drug-likeness (QED) is 0.747. The molecule has 0 amide bonds.